The van der Waals surface area contributed by atoms with Crippen molar-refractivity contribution in [3.05, 3.63) is 107 Å². The first-order valence-electron chi connectivity index (χ1n) is 9.76. The number of hydrogen-bond donors (Lipinski definition) is 3. The van der Waals surface area contributed by atoms with Gasteiger partial charge in [0.2, 0.25) is 0 Å². The van der Waals surface area contributed by atoms with Crippen LogP contribution in [0.1, 0.15) is 35.6 Å². The van der Waals surface area contributed by atoms with E-state index in [1.54, 1.807) is 18.2 Å². The van der Waals surface area contributed by atoms with E-state index in [9.17, 15) is 14.8 Å². The molecule has 0 aliphatic rings. The summed E-state index contributed by atoms with van der Waals surface area (Å²) in [7, 11) is -1.51. The topological polar surface area (TPSA) is 77.8 Å². The number of benzene rings is 3. The molecule has 0 radical (unpaired) electrons. The quantitative estimate of drug-likeness (QED) is 0.321. The number of carboxylic acid groups (broad SMARTS) is 1. The summed E-state index contributed by atoms with van der Waals surface area (Å²) in [6.45, 7) is 2.11. The number of hydrogen-bond acceptors (Lipinski definition) is 3. The van der Waals surface area contributed by atoms with E-state index < -0.39 is 13.1 Å². The fraction of sp³-hybridized carbons (Fsp3) is 0.0800. The van der Waals surface area contributed by atoms with Gasteiger partial charge in [0.25, 0.3) is 0 Å². The summed E-state index contributed by atoms with van der Waals surface area (Å²) in [5.74, 6) is -0.983. The number of carbonyl (C=O) groups is 1. The molecule has 3 rings (SSSR count). The molecule has 150 valence electrons. The minimum Gasteiger partial charge on any atom is -0.478 e. The zero-order chi connectivity index (χ0) is 21.5. The van der Waals surface area contributed by atoms with E-state index in [1.807, 2.05) is 54.6 Å². The second kappa shape index (κ2) is 9.88. The molecule has 0 fully saturated rings. The third kappa shape index (κ3) is 5.14. The fourth-order valence-corrected chi connectivity index (χ4v) is 3.43. The van der Waals surface area contributed by atoms with Crippen LogP contribution in [0.15, 0.2) is 84.9 Å². The van der Waals surface area contributed by atoms with E-state index >= 15 is 0 Å². The molecule has 0 saturated heterocycles. The number of aliphatic carboxylic acids is 1. The van der Waals surface area contributed by atoms with E-state index in [0.717, 1.165) is 40.3 Å². The maximum absolute atomic E-state index is 10.8. The highest BCUT2D eigenvalue weighted by Crippen LogP contribution is 2.34. The van der Waals surface area contributed by atoms with Crippen LogP contribution in [0.3, 0.4) is 0 Å². The Bertz CT molecular complexity index is 1050. The van der Waals surface area contributed by atoms with Gasteiger partial charge in [-0.05, 0) is 51.4 Å². The SMILES string of the molecule is CC/C(=C(/c1ccc(/C=C/C(=O)O)cc1)c1ccc(B(O)O)cc1)c1ccccc1. The van der Waals surface area contributed by atoms with E-state index in [1.165, 1.54) is 5.57 Å². The molecule has 0 bridgehead atoms. The lowest BCUT2D eigenvalue weighted by atomic mass is 9.79. The van der Waals surface area contributed by atoms with Crippen LogP contribution in [0.4, 0.5) is 0 Å². The first kappa shape index (κ1) is 21.3. The molecule has 0 aliphatic heterocycles. The van der Waals surface area contributed by atoms with Crippen molar-refractivity contribution in [1.82, 2.24) is 0 Å². The largest absolute Gasteiger partial charge is 0.488 e. The normalized spacial score (nSPS) is 12.0. The number of allylic oxidation sites excluding steroid dienone is 1. The molecule has 0 unspecified atom stereocenters. The van der Waals surface area contributed by atoms with Gasteiger partial charge in [0.1, 0.15) is 0 Å². The van der Waals surface area contributed by atoms with Crippen molar-refractivity contribution >= 4 is 35.8 Å². The first-order chi connectivity index (χ1) is 14.5. The summed E-state index contributed by atoms with van der Waals surface area (Å²) in [6.07, 6.45) is 3.49. The van der Waals surface area contributed by atoms with E-state index in [-0.39, 0.29) is 0 Å². The Kier molecular flexibility index (Phi) is 7.01. The Morgan fingerprint density at radius 3 is 1.90 bits per heavy atom. The van der Waals surface area contributed by atoms with Gasteiger partial charge < -0.3 is 15.2 Å². The second-order valence-corrected chi connectivity index (χ2v) is 6.86. The Balaban J connectivity index is 2.14. The van der Waals surface area contributed by atoms with Crippen LogP contribution in [0, 0.1) is 0 Å². The molecule has 30 heavy (non-hydrogen) atoms. The average molecular weight is 398 g/mol. The average Bonchev–Trinajstić information content (AvgIpc) is 2.77. The highest BCUT2D eigenvalue weighted by molar-refractivity contribution is 6.58. The van der Waals surface area contributed by atoms with Crippen molar-refractivity contribution in [2.45, 2.75) is 13.3 Å². The molecular weight excluding hydrogens is 375 g/mol. The predicted molar refractivity (Wildman–Crippen MR) is 122 cm³/mol. The third-order valence-corrected chi connectivity index (χ3v) is 4.89. The minimum absolute atomic E-state index is 0.435. The van der Waals surface area contributed by atoms with Crippen molar-refractivity contribution in [2.75, 3.05) is 0 Å². The fourth-order valence-electron chi connectivity index (χ4n) is 3.43. The molecule has 3 aromatic rings. The molecular formula is C25H23BO4. The summed E-state index contributed by atoms with van der Waals surface area (Å²) in [6, 6.07) is 25.1. The zero-order valence-corrected chi connectivity index (χ0v) is 16.7. The van der Waals surface area contributed by atoms with Crippen molar-refractivity contribution < 1.29 is 19.9 Å². The van der Waals surface area contributed by atoms with E-state index in [4.69, 9.17) is 5.11 Å². The van der Waals surface area contributed by atoms with Crippen molar-refractivity contribution in [3.8, 4) is 0 Å². The van der Waals surface area contributed by atoms with Gasteiger partial charge in [-0.3, -0.25) is 0 Å². The highest BCUT2D eigenvalue weighted by atomic mass is 16.4. The van der Waals surface area contributed by atoms with Crippen molar-refractivity contribution in [1.29, 1.82) is 0 Å². The van der Waals surface area contributed by atoms with Gasteiger partial charge >= 0.3 is 13.1 Å². The summed E-state index contributed by atoms with van der Waals surface area (Å²) in [5, 5.41) is 27.7. The molecule has 0 heterocycles. The van der Waals surface area contributed by atoms with Crippen LogP contribution >= 0.6 is 0 Å². The number of carboxylic acids is 1. The highest BCUT2D eigenvalue weighted by Gasteiger charge is 2.15. The Morgan fingerprint density at radius 2 is 1.40 bits per heavy atom. The van der Waals surface area contributed by atoms with E-state index in [2.05, 4.69) is 19.1 Å². The van der Waals surface area contributed by atoms with Gasteiger partial charge in [0.05, 0.1) is 0 Å². The van der Waals surface area contributed by atoms with Crippen LogP contribution in [0.5, 0.6) is 0 Å². The van der Waals surface area contributed by atoms with Crippen molar-refractivity contribution in [3.63, 3.8) is 0 Å². The zero-order valence-electron chi connectivity index (χ0n) is 16.7. The third-order valence-electron chi connectivity index (χ3n) is 4.89. The molecule has 3 N–H and O–H groups in total. The molecule has 0 amide bonds. The van der Waals surface area contributed by atoms with Crippen LogP contribution in [-0.2, 0) is 4.79 Å². The Labute approximate surface area is 176 Å². The lowest BCUT2D eigenvalue weighted by Gasteiger charge is -2.17. The molecule has 5 heteroatoms. The predicted octanol–water partition coefficient (Wildman–Crippen LogP) is 3.83. The summed E-state index contributed by atoms with van der Waals surface area (Å²) in [4.78, 5) is 10.8. The Hall–Kier alpha value is -3.41. The Morgan fingerprint density at radius 1 is 0.833 bits per heavy atom. The van der Waals surface area contributed by atoms with Crippen LogP contribution in [-0.4, -0.2) is 28.2 Å². The second-order valence-electron chi connectivity index (χ2n) is 6.86. The smallest absolute Gasteiger partial charge is 0.478 e. The molecule has 0 aliphatic carbocycles. The first-order valence-corrected chi connectivity index (χ1v) is 9.76. The standard InChI is InChI=1S/C25H23BO4/c1-2-23(19-6-4-3-5-7-19)25(21-13-15-22(16-14-21)26(29)30)20-11-8-18(9-12-20)10-17-24(27)28/h3-17,29-30H,2H2,1H3,(H,27,28)/b17-10+,25-23+. The lowest BCUT2D eigenvalue weighted by molar-refractivity contribution is -0.131. The maximum Gasteiger partial charge on any atom is 0.488 e. The molecule has 0 atom stereocenters. The molecule has 0 spiro atoms. The van der Waals surface area contributed by atoms with Crippen LogP contribution < -0.4 is 5.46 Å². The summed E-state index contributed by atoms with van der Waals surface area (Å²) >= 11 is 0. The van der Waals surface area contributed by atoms with Gasteiger partial charge in [-0.2, -0.15) is 0 Å². The van der Waals surface area contributed by atoms with Gasteiger partial charge in [-0.1, -0.05) is 85.8 Å². The lowest BCUT2D eigenvalue weighted by Crippen LogP contribution is -2.29. The maximum atomic E-state index is 10.8. The summed E-state index contributed by atoms with van der Waals surface area (Å²) < 4.78 is 0. The van der Waals surface area contributed by atoms with Gasteiger partial charge in [-0.25, -0.2) is 4.79 Å². The molecule has 0 saturated carbocycles. The van der Waals surface area contributed by atoms with Crippen molar-refractivity contribution in [2.24, 2.45) is 0 Å². The van der Waals surface area contributed by atoms with Crippen LogP contribution in [0.2, 0.25) is 0 Å². The monoisotopic (exact) mass is 398 g/mol. The molecule has 4 nitrogen and oxygen atoms in total. The van der Waals surface area contributed by atoms with Gasteiger partial charge in [-0.15, -0.1) is 0 Å². The van der Waals surface area contributed by atoms with Gasteiger partial charge in [0, 0.05) is 6.08 Å². The van der Waals surface area contributed by atoms with E-state index in [0.29, 0.717) is 5.46 Å². The van der Waals surface area contributed by atoms with Gasteiger partial charge in [0.15, 0.2) is 0 Å². The van der Waals surface area contributed by atoms with Crippen LogP contribution in [0.25, 0.3) is 17.2 Å². The molecule has 0 aromatic heterocycles. The summed E-state index contributed by atoms with van der Waals surface area (Å²) in [5.41, 5.74) is 6.55. The molecule has 3 aromatic carbocycles. The number of rotatable bonds is 7. The minimum atomic E-state index is -1.51.